The van der Waals surface area contributed by atoms with Gasteiger partial charge in [-0.1, -0.05) is 13.8 Å². The molecule has 5 nitrogen and oxygen atoms in total. The van der Waals surface area contributed by atoms with Crippen molar-refractivity contribution in [1.29, 1.82) is 5.26 Å². The molecular weight excluding hydrogens is 254 g/mol. The van der Waals surface area contributed by atoms with Crippen LogP contribution in [0.25, 0.3) is 0 Å². The number of nitrogens with one attached hydrogen (secondary N) is 2. The molecule has 0 saturated heterocycles. The van der Waals surface area contributed by atoms with Gasteiger partial charge >= 0.3 is 0 Å². The normalized spacial score (nSPS) is 11.1. The van der Waals surface area contributed by atoms with Crippen molar-refractivity contribution < 1.29 is 9.90 Å². The second-order valence-corrected chi connectivity index (χ2v) is 4.93. The summed E-state index contributed by atoms with van der Waals surface area (Å²) in [5, 5.41) is 23.9. The average Bonchev–Trinajstić information content (AvgIpc) is 2.37. The number of carbonyl (C=O) groups excluding carboxylic acids is 1. The van der Waals surface area contributed by atoms with Crippen molar-refractivity contribution in [3.63, 3.8) is 0 Å². The minimum atomic E-state index is -0.474. The van der Waals surface area contributed by atoms with Gasteiger partial charge in [0, 0.05) is 18.4 Å². The summed E-state index contributed by atoms with van der Waals surface area (Å²) >= 11 is 0. The van der Waals surface area contributed by atoms with Crippen molar-refractivity contribution in [3.8, 4) is 11.8 Å². The minimum absolute atomic E-state index is 0.0122. The SMILES string of the molecule is Cc1cc(O)ccc1NC(=O)/C(C#N)=C\NCC(C)C. The van der Waals surface area contributed by atoms with E-state index in [-0.39, 0.29) is 11.3 Å². The lowest BCUT2D eigenvalue weighted by Crippen LogP contribution is -2.19. The van der Waals surface area contributed by atoms with Gasteiger partial charge in [-0.3, -0.25) is 4.79 Å². The zero-order valence-corrected chi connectivity index (χ0v) is 11.9. The number of aryl methyl sites for hydroxylation is 1. The quantitative estimate of drug-likeness (QED) is 0.436. The highest BCUT2D eigenvalue weighted by molar-refractivity contribution is 6.06. The predicted molar refractivity (Wildman–Crippen MR) is 78.0 cm³/mol. The molecular formula is C15H19N3O2. The number of carbonyl (C=O) groups is 1. The van der Waals surface area contributed by atoms with Crippen LogP contribution in [0.5, 0.6) is 5.75 Å². The first-order valence-electron chi connectivity index (χ1n) is 6.38. The summed E-state index contributed by atoms with van der Waals surface area (Å²) in [6.45, 7) is 6.53. The Balaban J connectivity index is 2.75. The summed E-state index contributed by atoms with van der Waals surface area (Å²) in [6, 6.07) is 6.49. The zero-order chi connectivity index (χ0) is 15.1. The maximum Gasteiger partial charge on any atom is 0.267 e. The standard InChI is InChI=1S/C15H19N3O2/c1-10(2)8-17-9-12(7-16)15(20)18-14-5-4-13(19)6-11(14)3/h4-6,9-10,17,19H,8H2,1-3H3,(H,18,20)/b12-9-. The molecule has 0 aromatic heterocycles. The highest BCUT2D eigenvalue weighted by Crippen LogP contribution is 2.20. The number of rotatable bonds is 5. The van der Waals surface area contributed by atoms with Crippen LogP contribution in [0, 0.1) is 24.2 Å². The smallest absolute Gasteiger partial charge is 0.267 e. The van der Waals surface area contributed by atoms with Gasteiger partial charge in [-0.25, -0.2) is 0 Å². The molecule has 1 amide bonds. The second kappa shape index (κ2) is 7.19. The monoisotopic (exact) mass is 273 g/mol. The summed E-state index contributed by atoms with van der Waals surface area (Å²) in [6.07, 6.45) is 1.42. The van der Waals surface area contributed by atoms with E-state index >= 15 is 0 Å². The number of aromatic hydroxyl groups is 1. The summed E-state index contributed by atoms with van der Waals surface area (Å²) in [5.41, 5.74) is 1.31. The fourth-order valence-corrected chi connectivity index (χ4v) is 1.52. The molecule has 1 aromatic rings. The molecule has 0 aliphatic heterocycles. The third kappa shape index (κ3) is 4.65. The van der Waals surface area contributed by atoms with Crippen LogP contribution in [0.2, 0.25) is 0 Å². The summed E-state index contributed by atoms with van der Waals surface area (Å²) < 4.78 is 0. The molecule has 1 aromatic carbocycles. The van der Waals surface area contributed by atoms with Crippen LogP contribution in [-0.4, -0.2) is 17.6 Å². The Bertz CT molecular complexity index is 557. The molecule has 5 heteroatoms. The van der Waals surface area contributed by atoms with Crippen molar-refractivity contribution in [2.24, 2.45) is 5.92 Å². The van der Waals surface area contributed by atoms with E-state index in [1.807, 2.05) is 19.9 Å². The maximum absolute atomic E-state index is 12.0. The Kier molecular flexibility index (Phi) is 5.60. The molecule has 0 fully saturated rings. The van der Waals surface area contributed by atoms with Crippen molar-refractivity contribution in [2.45, 2.75) is 20.8 Å². The summed E-state index contributed by atoms with van der Waals surface area (Å²) in [5.74, 6) is 0.0845. The van der Waals surface area contributed by atoms with Gasteiger partial charge < -0.3 is 15.7 Å². The second-order valence-electron chi connectivity index (χ2n) is 4.93. The van der Waals surface area contributed by atoms with Gasteiger partial charge in [0.05, 0.1) is 0 Å². The Morgan fingerprint density at radius 2 is 2.20 bits per heavy atom. The first-order valence-corrected chi connectivity index (χ1v) is 6.38. The van der Waals surface area contributed by atoms with Gasteiger partial charge in [-0.05, 0) is 36.6 Å². The van der Waals surface area contributed by atoms with Crippen LogP contribution in [0.4, 0.5) is 5.69 Å². The van der Waals surface area contributed by atoms with E-state index in [4.69, 9.17) is 5.26 Å². The lowest BCUT2D eigenvalue weighted by Gasteiger charge is -2.09. The third-order valence-corrected chi connectivity index (χ3v) is 2.60. The molecule has 20 heavy (non-hydrogen) atoms. The van der Waals surface area contributed by atoms with Gasteiger partial charge in [0.2, 0.25) is 0 Å². The van der Waals surface area contributed by atoms with Crippen molar-refractivity contribution in [2.75, 3.05) is 11.9 Å². The lowest BCUT2D eigenvalue weighted by molar-refractivity contribution is -0.112. The van der Waals surface area contributed by atoms with Crippen molar-refractivity contribution >= 4 is 11.6 Å². The van der Waals surface area contributed by atoms with E-state index in [1.54, 1.807) is 19.1 Å². The van der Waals surface area contributed by atoms with Crippen LogP contribution in [-0.2, 0) is 4.79 Å². The highest BCUT2D eigenvalue weighted by atomic mass is 16.3. The molecule has 0 atom stereocenters. The number of amides is 1. The molecule has 0 aliphatic rings. The van der Waals surface area contributed by atoms with Crippen LogP contribution in [0.15, 0.2) is 30.0 Å². The number of nitriles is 1. The van der Waals surface area contributed by atoms with E-state index in [0.717, 1.165) is 5.56 Å². The number of anilines is 1. The van der Waals surface area contributed by atoms with Crippen LogP contribution >= 0.6 is 0 Å². The lowest BCUT2D eigenvalue weighted by atomic mass is 10.1. The fourth-order valence-electron chi connectivity index (χ4n) is 1.52. The topological polar surface area (TPSA) is 85.2 Å². The molecule has 0 unspecified atom stereocenters. The largest absolute Gasteiger partial charge is 0.508 e. The maximum atomic E-state index is 12.0. The fraction of sp³-hybridized carbons (Fsp3) is 0.333. The van der Waals surface area contributed by atoms with Crippen molar-refractivity contribution in [3.05, 3.63) is 35.5 Å². The predicted octanol–water partition coefficient (Wildman–Crippen LogP) is 2.29. The van der Waals surface area contributed by atoms with Gasteiger partial charge in [0.25, 0.3) is 5.91 Å². The number of nitrogens with zero attached hydrogens (tertiary/aromatic N) is 1. The van der Waals surface area contributed by atoms with Gasteiger partial charge in [0.15, 0.2) is 0 Å². The molecule has 0 spiro atoms. The highest BCUT2D eigenvalue weighted by Gasteiger charge is 2.10. The average molecular weight is 273 g/mol. The number of phenols is 1. The van der Waals surface area contributed by atoms with E-state index < -0.39 is 5.91 Å². The van der Waals surface area contributed by atoms with Crippen LogP contribution in [0.3, 0.4) is 0 Å². The molecule has 0 radical (unpaired) electrons. The van der Waals surface area contributed by atoms with Gasteiger partial charge in [-0.15, -0.1) is 0 Å². The molecule has 0 aliphatic carbocycles. The van der Waals surface area contributed by atoms with Crippen molar-refractivity contribution in [1.82, 2.24) is 5.32 Å². The Morgan fingerprint density at radius 1 is 1.50 bits per heavy atom. The number of hydrogen-bond acceptors (Lipinski definition) is 4. The first-order chi connectivity index (χ1) is 9.43. The minimum Gasteiger partial charge on any atom is -0.508 e. The van der Waals surface area contributed by atoms with Crippen LogP contribution in [0.1, 0.15) is 19.4 Å². The number of hydrogen-bond donors (Lipinski definition) is 3. The summed E-state index contributed by atoms with van der Waals surface area (Å²) in [4.78, 5) is 12.0. The first kappa shape index (κ1) is 15.6. The zero-order valence-electron chi connectivity index (χ0n) is 11.9. The molecule has 106 valence electrons. The molecule has 1 rings (SSSR count). The number of benzene rings is 1. The molecule has 3 N–H and O–H groups in total. The van der Waals surface area contributed by atoms with Crippen LogP contribution < -0.4 is 10.6 Å². The van der Waals surface area contributed by atoms with E-state index in [2.05, 4.69) is 10.6 Å². The Hall–Kier alpha value is -2.48. The molecule has 0 bridgehead atoms. The molecule has 0 heterocycles. The van der Waals surface area contributed by atoms with E-state index in [1.165, 1.54) is 12.3 Å². The number of phenolic OH excluding ortho intramolecular Hbond substituents is 1. The summed E-state index contributed by atoms with van der Waals surface area (Å²) in [7, 11) is 0. The third-order valence-electron chi connectivity index (χ3n) is 2.60. The van der Waals surface area contributed by atoms with Gasteiger partial charge in [-0.2, -0.15) is 5.26 Å². The van der Waals surface area contributed by atoms with E-state index in [9.17, 15) is 9.90 Å². The Labute approximate surface area is 118 Å². The molecule has 0 saturated carbocycles. The van der Waals surface area contributed by atoms with Gasteiger partial charge in [0.1, 0.15) is 17.4 Å². The van der Waals surface area contributed by atoms with E-state index in [0.29, 0.717) is 18.2 Å². The Morgan fingerprint density at radius 3 is 2.75 bits per heavy atom.